The number of anilines is 2. The molecule has 0 radical (unpaired) electrons. The zero-order valence-electron chi connectivity index (χ0n) is 15.3. The van der Waals surface area contributed by atoms with Crippen LogP contribution in [-0.4, -0.2) is 25.5 Å². The third-order valence-electron chi connectivity index (χ3n) is 5.29. The second-order valence-corrected chi connectivity index (χ2v) is 7.01. The molecule has 0 saturated carbocycles. The van der Waals surface area contributed by atoms with Crippen LogP contribution >= 0.6 is 24.8 Å². The quantitative estimate of drug-likeness (QED) is 0.803. The normalized spacial score (nSPS) is 16.1. The van der Waals surface area contributed by atoms with Gasteiger partial charge in [0.15, 0.2) is 0 Å². The van der Waals surface area contributed by atoms with Gasteiger partial charge in [0.1, 0.15) is 0 Å². The molecule has 1 amide bonds. The number of benzene rings is 2. The molecule has 1 fully saturated rings. The lowest BCUT2D eigenvalue weighted by Crippen LogP contribution is -2.34. The number of rotatable bonds is 4. The minimum Gasteiger partial charge on any atom is -0.367 e. The van der Waals surface area contributed by atoms with Gasteiger partial charge in [0.2, 0.25) is 5.91 Å². The lowest BCUT2D eigenvalue weighted by molar-refractivity contribution is -0.120. The van der Waals surface area contributed by atoms with E-state index in [1.54, 1.807) is 0 Å². The molecule has 0 bridgehead atoms. The van der Waals surface area contributed by atoms with Crippen LogP contribution < -0.4 is 15.5 Å². The van der Waals surface area contributed by atoms with Gasteiger partial charge in [0, 0.05) is 30.4 Å². The minimum atomic E-state index is 0. The topological polar surface area (TPSA) is 44.4 Å². The Hall–Kier alpha value is -1.75. The number of nitrogens with zero attached hydrogens (tertiary/aromatic N) is 1. The smallest absolute Gasteiger partial charge is 0.227 e. The molecule has 0 unspecified atom stereocenters. The Labute approximate surface area is 173 Å². The predicted molar refractivity (Wildman–Crippen MR) is 116 cm³/mol. The van der Waals surface area contributed by atoms with Crippen LogP contribution in [0.2, 0.25) is 0 Å². The number of amides is 1. The molecule has 6 heteroatoms. The fourth-order valence-electron chi connectivity index (χ4n) is 3.81. The number of hydrogen-bond donors (Lipinski definition) is 2. The van der Waals surface area contributed by atoms with Gasteiger partial charge in [-0.05, 0) is 61.7 Å². The monoisotopic (exact) mass is 407 g/mol. The number of carbonyl (C=O) groups excluding carboxylic acids is 1. The lowest BCUT2D eigenvalue weighted by atomic mass is 9.97. The standard InChI is InChI=1S/C21H25N3O.2ClH/c25-21(18-9-12-22-13-10-18)23-19-7-5-16(6-8-19)15-24-14-11-17-3-1-2-4-20(17)24;;/h1-8,18,22H,9-15H2,(H,23,25);2*1H. The van der Waals surface area contributed by atoms with Crippen LogP contribution in [0.25, 0.3) is 0 Å². The van der Waals surface area contributed by atoms with E-state index in [9.17, 15) is 4.79 Å². The summed E-state index contributed by atoms with van der Waals surface area (Å²) in [6, 6.07) is 16.9. The number of fused-ring (bicyclic) bond motifs is 1. The Morgan fingerprint density at radius 1 is 1.04 bits per heavy atom. The van der Waals surface area contributed by atoms with Crippen LogP contribution in [0.3, 0.4) is 0 Å². The van der Waals surface area contributed by atoms with Crippen LogP contribution in [0, 0.1) is 5.92 Å². The highest BCUT2D eigenvalue weighted by molar-refractivity contribution is 5.92. The second-order valence-electron chi connectivity index (χ2n) is 7.01. The van der Waals surface area contributed by atoms with Gasteiger partial charge in [-0.25, -0.2) is 0 Å². The molecule has 27 heavy (non-hydrogen) atoms. The molecule has 4 rings (SSSR count). The molecule has 146 valence electrons. The maximum Gasteiger partial charge on any atom is 0.227 e. The average Bonchev–Trinajstić information content (AvgIpc) is 3.07. The van der Waals surface area contributed by atoms with Crippen molar-refractivity contribution in [2.24, 2.45) is 5.92 Å². The summed E-state index contributed by atoms with van der Waals surface area (Å²) in [6.45, 7) is 3.87. The highest BCUT2D eigenvalue weighted by Crippen LogP contribution is 2.29. The zero-order valence-corrected chi connectivity index (χ0v) is 17.0. The molecule has 0 spiro atoms. The molecule has 1 saturated heterocycles. The van der Waals surface area contributed by atoms with Crippen molar-refractivity contribution in [2.75, 3.05) is 29.9 Å². The molecule has 4 nitrogen and oxygen atoms in total. The summed E-state index contributed by atoms with van der Waals surface area (Å²) in [5.74, 6) is 0.296. The van der Waals surface area contributed by atoms with E-state index in [-0.39, 0.29) is 36.6 Å². The molecule has 0 atom stereocenters. The van der Waals surface area contributed by atoms with Gasteiger partial charge < -0.3 is 15.5 Å². The summed E-state index contributed by atoms with van der Waals surface area (Å²) >= 11 is 0. The van der Waals surface area contributed by atoms with E-state index in [1.807, 2.05) is 12.1 Å². The van der Waals surface area contributed by atoms with Crippen LogP contribution in [0.4, 0.5) is 11.4 Å². The van der Waals surface area contributed by atoms with Gasteiger partial charge >= 0.3 is 0 Å². The molecular formula is C21H27Cl2N3O. The number of piperidine rings is 1. The number of para-hydroxylation sites is 1. The highest BCUT2D eigenvalue weighted by atomic mass is 35.5. The molecule has 0 aromatic heterocycles. The Kier molecular flexibility index (Phi) is 7.96. The van der Waals surface area contributed by atoms with Gasteiger partial charge in [0.05, 0.1) is 0 Å². The van der Waals surface area contributed by atoms with E-state index in [2.05, 4.69) is 51.9 Å². The Morgan fingerprint density at radius 3 is 2.48 bits per heavy atom. The summed E-state index contributed by atoms with van der Waals surface area (Å²) in [7, 11) is 0. The van der Waals surface area contributed by atoms with E-state index in [0.29, 0.717) is 0 Å². The Morgan fingerprint density at radius 2 is 1.74 bits per heavy atom. The fraction of sp³-hybridized carbons (Fsp3) is 0.381. The first-order valence-electron chi connectivity index (χ1n) is 9.23. The van der Waals surface area contributed by atoms with Crippen LogP contribution in [-0.2, 0) is 17.8 Å². The zero-order chi connectivity index (χ0) is 17.1. The Bertz CT molecular complexity index is 745. The van der Waals surface area contributed by atoms with Crippen molar-refractivity contribution in [2.45, 2.75) is 25.8 Å². The van der Waals surface area contributed by atoms with Crippen molar-refractivity contribution < 1.29 is 4.79 Å². The van der Waals surface area contributed by atoms with Crippen molar-refractivity contribution in [3.63, 3.8) is 0 Å². The van der Waals surface area contributed by atoms with Crippen molar-refractivity contribution in [3.8, 4) is 0 Å². The third kappa shape index (κ3) is 5.16. The van der Waals surface area contributed by atoms with Gasteiger partial charge in [-0.15, -0.1) is 24.8 Å². The Balaban J connectivity index is 0.00000131. The van der Waals surface area contributed by atoms with Gasteiger partial charge in [-0.3, -0.25) is 4.79 Å². The van der Waals surface area contributed by atoms with E-state index in [1.165, 1.54) is 16.8 Å². The second kappa shape index (κ2) is 9.98. The maximum atomic E-state index is 12.3. The van der Waals surface area contributed by atoms with Crippen LogP contribution in [0.1, 0.15) is 24.0 Å². The van der Waals surface area contributed by atoms with E-state index in [4.69, 9.17) is 0 Å². The van der Waals surface area contributed by atoms with Crippen molar-refractivity contribution in [1.29, 1.82) is 0 Å². The van der Waals surface area contributed by atoms with Crippen molar-refractivity contribution in [3.05, 3.63) is 59.7 Å². The van der Waals surface area contributed by atoms with Gasteiger partial charge in [-0.1, -0.05) is 30.3 Å². The minimum absolute atomic E-state index is 0. The third-order valence-corrected chi connectivity index (χ3v) is 5.29. The first-order valence-corrected chi connectivity index (χ1v) is 9.23. The molecule has 2 aliphatic rings. The number of halogens is 2. The molecule has 2 aromatic rings. The summed E-state index contributed by atoms with van der Waals surface area (Å²) in [5.41, 5.74) is 4.96. The maximum absolute atomic E-state index is 12.3. The first-order chi connectivity index (χ1) is 12.3. The molecular weight excluding hydrogens is 381 g/mol. The average molecular weight is 408 g/mol. The van der Waals surface area contributed by atoms with E-state index in [0.717, 1.165) is 51.1 Å². The molecule has 2 N–H and O–H groups in total. The summed E-state index contributed by atoms with van der Waals surface area (Å²) in [5, 5.41) is 6.37. The summed E-state index contributed by atoms with van der Waals surface area (Å²) in [6.07, 6.45) is 2.98. The molecule has 2 aliphatic heterocycles. The first kappa shape index (κ1) is 21.5. The predicted octanol–water partition coefficient (Wildman–Crippen LogP) is 4.03. The lowest BCUT2D eigenvalue weighted by Gasteiger charge is -2.22. The van der Waals surface area contributed by atoms with E-state index < -0.39 is 0 Å². The largest absolute Gasteiger partial charge is 0.367 e. The van der Waals surface area contributed by atoms with Gasteiger partial charge in [-0.2, -0.15) is 0 Å². The van der Waals surface area contributed by atoms with Crippen LogP contribution in [0.5, 0.6) is 0 Å². The number of nitrogens with one attached hydrogen (secondary N) is 2. The number of hydrogen-bond acceptors (Lipinski definition) is 3. The number of carbonyl (C=O) groups is 1. The van der Waals surface area contributed by atoms with Crippen LogP contribution in [0.15, 0.2) is 48.5 Å². The van der Waals surface area contributed by atoms with Crippen molar-refractivity contribution >= 4 is 42.1 Å². The van der Waals surface area contributed by atoms with E-state index >= 15 is 0 Å². The van der Waals surface area contributed by atoms with Gasteiger partial charge in [0.25, 0.3) is 0 Å². The van der Waals surface area contributed by atoms with Crippen molar-refractivity contribution in [1.82, 2.24) is 5.32 Å². The highest BCUT2D eigenvalue weighted by Gasteiger charge is 2.21. The summed E-state index contributed by atoms with van der Waals surface area (Å²) in [4.78, 5) is 14.7. The summed E-state index contributed by atoms with van der Waals surface area (Å²) < 4.78 is 0. The molecule has 0 aliphatic carbocycles. The molecule has 2 heterocycles. The molecule has 2 aromatic carbocycles. The fourth-order valence-corrected chi connectivity index (χ4v) is 3.81. The SMILES string of the molecule is Cl.Cl.O=C(Nc1ccc(CN2CCc3ccccc32)cc1)C1CCNCC1.